The van der Waals surface area contributed by atoms with Crippen LogP contribution < -0.4 is 0 Å². The second-order valence-electron chi connectivity index (χ2n) is 5.05. The van der Waals surface area contributed by atoms with E-state index in [1.165, 1.54) is 6.26 Å². The minimum Gasteiger partial charge on any atom is -0.459 e. The minimum atomic E-state index is -0.467. The van der Waals surface area contributed by atoms with Crippen LogP contribution in [-0.2, 0) is 4.79 Å². The number of carbonyl (C=O) groups is 2. The van der Waals surface area contributed by atoms with Crippen molar-refractivity contribution in [2.24, 2.45) is 5.92 Å². The van der Waals surface area contributed by atoms with Crippen molar-refractivity contribution in [3.8, 4) is 0 Å². The van der Waals surface area contributed by atoms with Gasteiger partial charge in [0.25, 0.3) is 5.91 Å². The van der Waals surface area contributed by atoms with Crippen molar-refractivity contribution in [2.45, 2.75) is 12.5 Å². The van der Waals surface area contributed by atoms with Crippen molar-refractivity contribution >= 4 is 11.8 Å². The van der Waals surface area contributed by atoms with Crippen molar-refractivity contribution < 1.29 is 19.1 Å². The van der Waals surface area contributed by atoms with E-state index in [1.807, 2.05) is 0 Å². The van der Waals surface area contributed by atoms with E-state index >= 15 is 0 Å². The molecule has 1 aromatic heterocycles. The SMILES string of the molecule is O=C(CO)N1C[C@@H]2CCN(C(=O)c3ccco3)[C@@H]2C1. The molecular weight excluding hydrogens is 248 g/mol. The molecule has 2 fully saturated rings. The Kier molecular flexibility index (Phi) is 3.02. The van der Waals surface area contributed by atoms with E-state index in [4.69, 9.17) is 9.52 Å². The smallest absolute Gasteiger partial charge is 0.289 e. The molecule has 2 amide bonds. The maximum atomic E-state index is 12.3. The molecule has 0 radical (unpaired) electrons. The van der Waals surface area contributed by atoms with Crippen molar-refractivity contribution in [3.05, 3.63) is 24.2 Å². The summed E-state index contributed by atoms with van der Waals surface area (Å²) in [6, 6.07) is 3.39. The van der Waals surface area contributed by atoms with E-state index in [1.54, 1.807) is 21.9 Å². The van der Waals surface area contributed by atoms with Crippen LogP contribution >= 0.6 is 0 Å². The number of fused-ring (bicyclic) bond motifs is 1. The Morgan fingerprint density at radius 2 is 2.26 bits per heavy atom. The predicted molar refractivity (Wildman–Crippen MR) is 65.3 cm³/mol. The number of aliphatic hydroxyl groups excluding tert-OH is 1. The third kappa shape index (κ3) is 2.02. The highest BCUT2D eigenvalue weighted by Crippen LogP contribution is 2.32. The normalized spacial score (nSPS) is 25.7. The van der Waals surface area contributed by atoms with Gasteiger partial charge >= 0.3 is 0 Å². The summed E-state index contributed by atoms with van der Waals surface area (Å²) < 4.78 is 5.14. The topological polar surface area (TPSA) is 74.0 Å². The van der Waals surface area contributed by atoms with E-state index in [0.29, 0.717) is 31.3 Å². The van der Waals surface area contributed by atoms with Crippen molar-refractivity contribution in [3.63, 3.8) is 0 Å². The second-order valence-corrected chi connectivity index (χ2v) is 5.05. The number of carbonyl (C=O) groups excluding carboxylic acids is 2. The lowest BCUT2D eigenvalue weighted by atomic mass is 10.1. The van der Waals surface area contributed by atoms with Gasteiger partial charge < -0.3 is 19.3 Å². The Morgan fingerprint density at radius 3 is 2.95 bits per heavy atom. The van der Waals surface area contributed by atoms with Crippen LogP contribution in [0.3, 0.4) is 0 Å². The number of hydrogen-bond donors (Lipinski definition) is 1. The van der Waals surface area contributed by atoms with Gasteiger partial charge in [0, 0.05) is 25.6 Å². The summed E-state index contributed by atoms with van der Waals surface area (Å²) in [5.41, 5.74) is 0. The molecule has 0 saturated carbocycles. The predicted octanol–water partition coefficient (Wildman–Crippen LogP) is -0.0552. The van der Waals surface area contributed by atoms with Gasteiger partial charge in [-0.2, -0.15) is 0 Å². The first-order valence-corrected chi connectivity index (χ1v) is 6.44. The molecular formula is C13H16N2O4. The van der Waals surface area contributed by atoms with Crippen LogP contribution in [0, 0.1) is 5.92 Å². The molecule has 0 aromatic carbocycles. The summed E-state index contributed by atoms with van der Waals surface area (Å²) in [6.07, 6.45) is 2.38. The van der Waals surface area contributed by atoms with Crippen LogP contribution in [-0.4, -0.2) is 59.0 Å². The first-order chi connectivity index (χ1) is 9.20. The molecule has 19 heavy (non-hydrogen) atoms. The van der Waals surface area contributed by atoms with Gasteiger partial charge in [0.15, 0.2) is 5.76 Å². The molecule has 6 nitrogen and oxygen atoms in total. The highest BCUT2D eigenvalue weighted by atomic mass is 16.3. The Morgan fingerprint density at radius 1 is 1.42 bits per heavy atom. The number of likely N-dealkylation sites (tertiary alicyclic amines) is 2. The monoisotopic (exact) mass is 264 g/mol. The fourth-order valence-electron chi connectivity index (χ4n) is 3.06. The molecule has 0 bridgehead atoms. The summed E-state index contributed by atoms with van der Waals surface area (Å²) in [5, 5.41) is 8.90. The first kappa shape index (κ1) is 12.2. The lowest BCUT2D eigenvalue weighted by Crippen LogP contribution is -2.41. The molecule has 1 aromatic rings. The minimum absolute atomic E-state index is 0.0492. The van der Waals surface area contributed by atoms with Gasteiger partial charge in [-0.05, 0) is 18.6 Å². The van der Waals surface area contributed by atoms with Gasteiger partial charge in [0.2, 0.25) is 5.91 Å². The second kappa shape index (κ2) is 4.70. The maximum absolute atomic E-state index is 12.3. The van der Waals surface area contributed by atoms with E-state index in [-0.39, 0.29) is 17.9 Å². The summed E-state index contributed by atoms with van der Waals surface area (Å²) in [4.78, 5) is 27.2. The standard InChI is InChI=1S/C13H16N2O4/c16-8-12(17)14-6-9-3-4-15(10(9)7-14)13(18)11-2-1-5-19-11/h1-2,5,9-10,16H,3-4,6-8H2/t9-,10+/m0/s1. The molecule has 2 aliphatic heterocycles. The average Bonchev–Trinajstić information content (AvgIpc) is 3.12. The molecule has 2 saturated heterocycles. The fraction of sp³-hybridized carbons (Fsp3) is 0.538. The van der Waals surface area contributed by atoms with E-state index in [9.17, 15) is 9.59 Å². The molecule has 0 unspecified atom stereocenters. The van der Waals surface area contributed by atoms with E-state index in [2.05, 4.69) is 0 Å². The number of hydrogen-bond acceptors (Lipinski definition) is 4. The molecule has 102 valence electrons. The fourth-order valence-corrected chi connectivity index (χ4v) is 3.06. The molecule has 0 spiro atoms. The zero-order valence-corrected chi connectivity index (χ0v) is 10.5. The summed E-state index contributed by atoms with van der Waals surface area (Å²) in [6.45, 7) is 1.38. The Bertz CT molecular complexity index is 485. The molecule has 2 atom stereocenters. The molecule has 0 aliphatic carbocycles. The molecule has 3 rings (SSSR count). The maximum Gasteiger partial charge on any atom is 0.289 e. The lowest BCUT2D eigenvalue weighted by Gasteiger charge is -2.23. The van der Waals surface area contributed by atoms with Crippen LogP contribution in [0.2, 0.25) is 0 Å². The first-order valence-electron chi connectivity index (χ1n) is 6.44. The number of rotatable bonds is 2. The third-order valence-corrected chi connectivity index (χ3v) is 4.03. The van der Waals surface area contributed by atoms with Crippen LogP contribution in [0.25, 0.3) is 0 Å². The quantitative estimate of drug-likeness (QED) is 0.812. The van der Waals surface area contributed by atoms with Crippen molar-refractivity contribution in [1.29, 1.82) is 0 Å². The van der Waals surface area contributed by atoms with E-state index in [0.717, 1.165) is 6.42 Å². The third-order valence-electron chi connectivity index (χ3n) is 4.03. The van der Waals surface area contributed by atoms with Gasteiger partial charge in [-0.25, -0.2) is 0 Å². The zero-order chi connectivity index (χ0) is 13.4. The number of nitrogens with zero attached hydrogens (tertiary/aromatic N) is 2. The van der Waals surface area contributed by atoms with Crippen LogP contribution in [0.5, 0.6) is 0 Å². The molecule has 6 heteroatoms. The van der Waals surface area contributed by atoms with Gasteiger partial charge in [0.05, 0.1) is 12.3 Å². The highest BCUT2D eigenvalue weighted by molar-refractivity contribution is 5.92. The summed E-state index contributed by atoms with van der Waals surface area (Å²) in [5.74, 6) is 0.276. The van der Waals surface area contributed by atoms with Crippen molar-refractivity contribution in [1.82, 2.24) is 9.80 Å². The van der Waals surface area contributed by atoms with E-state index < -0.39 is 6.61 Å². The summed E-state index contributed by atoms with van der Waals surface area (Å²) >= 11 is 0. The zero-order valence-electron chi connectivity index (χ0n) is 10.5. The van der Waals surface area contributed by atoms with Gasteiger partial charge in [-0.15, -0.1) is 0 Å². The van der Waals surface area contributed by atoms with Gasteiger partial charge in [-0.3, -0.25) is 9.59 Å². The Labute approximate surface area is 110 Å². The Balaban J connectivity index is 1.73. The largest absolute Gasteiger partial charge is 0.459 e. The average molecular weight is 264 g/mol. The van der Waals surface area contributed by atoms with Crippen LogP contribution in [0.15, 0.2) is 22.8 Å². The van der Waals surface area contributed by atoms with Gasteiger partial charge in [0.1, 0.15) is 6.61 Å². The van der Waals surface area contributed by atoms with Crippen molar-refractivity contribution in [2.75, 3.05) is 26.2 Å². The highest BCUT2D eigenvalue weighted by Gasteiger charge is 2.45. The van der Waals surface area contributed by atoms with Crippen LogP contribution in [0.1, 0.15) is 17.0 Å². The van der Waals surface area contributed by atoms with Gasteiger partial charge in [-0.1, -0.05) is 0 Å². The molecule has 3 heterocycles. The summed E-state index contributed by atoms with van der Waals surface area (Å²) in [7, 11) is 0. The Hall–Kier alpha value is -1.82. The number of furan rings is 1. The van der Waals surface area contributed by atoms with Crippen LogP contribution in [0.4, 0.5) is 0 Å². The lowest BCUT2D eigenvalue weighted by molar-refractivity contribution is -0.133. The number of amides is 2. The number of aliphatic hydroxyl groups is 1. The molecule has 1 N–H and O–H groups in total. The molecule has 2 aliphatic rings.